The van der Waals surface area contributed by atoms with Gasteiger partial charge in [-0.05, 0) is 30.5 Å². The zero-order valence-corrected chi connectivity index (χ0v) is 9.10. The van der Waals surface area contributed by atoms with Crippen molar-refractivity contribution in [2.24, 2.45) is 5.84 Å². The van der Waals surface area contributed by atoms with Crippen LogP contribution in [0.4, 0.5) is 17.6 Å². The van der Waals surface area contributed by atoms with E-state index in [2.05, 4.69) is 5.43 Å². The molecule has 0 saturated heterocycles. The van der Waals surface area contributed by atoms with Crippen LogP contribution in [0.5, 0.6) is 0 Å². The molecule has 0 saturated carbocycles. The van der Waals surface area contributed by atoms with Gasteiger partial charge in [-0.1, -0.05) is 12.1 Å². The van der Waals surface area contributed by atoms with Crippen LogP contribution in [0.1, 0.15) is 30.9 Å². The predicted molar refractivity (Wildman–Crippen MR) is 56.4 cm³/mol. The van der Waals surface area contributed by atoms with Crippen LogP contribution in [-0.2, 0) is 0 Å². The molecule has 1 aromatic carbocycles. The highest BCUT2D eigenvalue weighted by Crippen LogP contribution is 2.26. The maximum atomic E-state index is 12.7. The Hall–Kier alpha value is -1.14. The average molecular weight is 250 g/mol. The fourth-order valence-corrected chi connectivity index (χ4v) is 1.55. The van der Waals surface area contributed by atoms with Crippen LogP contribution in [0, 0.1) is 5.82 Å². The van der Waals surface area contributed by atoms with Crippen molar-refractivity contribution >= 4 is 0 Å². The van der Waals surface area contributed by atoms with E-state index in [-0.39, 0.29) is 18.7 Å². The van der Waals surface area contributed by atoms with Gasteiger partial charge >= 0.3 is 6.18 Å². The largest absolute Gasteiger partial charge is 0.389 e. The second-order valence-electron chi connectivity index (χ2n) is 3.78. The summed E-state index contributed by atoms with van der Waals surface area (Å²) in [6, 6.07) is 5.13. The van der Waals surface area contributed by atoms with Crippen molar-refractivity contribution in [1.29, 1.82) is 0 Å². The number of hydrogen-bond acceptors (Lipinski definition) is 2. The molecule has 3 N–H and O–H groups in total. The van der Waals surface area contributed by atoms with Gasteiger partial charge in [0.2, 0.25) is 0 Å². The van der Waals surface area contributed by atoms with Crippen LogP contribution < -0.4 is 11.3 Å². The molecule has 0 amide bonds. The molecule has 0 aromatic heterocycles. The second-order valence-corrected chi connectivity index (χ2v) is 3.78. The van der Waals surface area contributed by atoms with Crippen LogP contribution >= 0.6 is 0 Å². The smallest absolute Gasteiger partial charge is 0.271 e. The molecule has 1 rings (SSSR count). The Kier molecular flexibility index (Phi) is 4.89. The van der Waals surface area contributed by atoms with Crippen LogP contribution in [0.25, 0.3) is 0 Å². The summed E-state index contributed by atoms with van der Waals surface area (Å²) in [5.41, 5.74) is 3.11. The van der Waals surface area contributed by atoms with Crippen LogP contribution in [-0.4, -0.2) is 6.18 Å². The molecule has 1 aromatic rings. The number of hydrogen-bond donors (Lipinski definition) is 2. The quantitative estimate of drug-likeness (QED) is 0.479. The van der Waals surface area contributed by atoms with Crippen LogP contribution in [0.15, 0.2) is 24.3 Å². The van der Waals surface area contributed by atoms with Gasteiger partial charge in [0.1, 0.15) is 5.82 Å². The minimum Gasteiger partial charge on any atom is -0.271 e. The van der Waals surface area contributed by atoms with Crippen molar-refractivity contribution in [3.8, 4) is 0 Å². The van der Waals surface area contributed by atoms with Gasteiger partial charge in [0, 0.05) is 12.5 Å². The Bertz CT molecular complexity index is 334. The molecule has 1 atom stereocenters. The first-order chi connectivity index (χ1) is 7.92. The Morgan fingerprint density at radius 1 is 1.18 bits per heavy atom. The minimum atomic E-state index is -4.15. The first-order valence-electron chi connectivity index (χ1n) is 5.21. The summed E-state index contributed by atoms with van der Waals surface area (Å²) in [5.74, 6) is 4.88. The van der Waals surface area contributed by atoms with E-state index in [0.29, 0.717) is 5.56 Å². The molecule has 0 aliphatic heterocycles. The monoisotopic (exact) mass is 250 g/mol. The maximum absolute atomic E-state index is 12.7. The van der Waals surface area contributed by atoms with E-state index in [1.807, 2.05) is 0 Å². The first kappa shape index (κ1) is 13.9. The number of alkyl halides is 3. The summed E-state index contributed by atoms with van der Waals surface area (Å²) in [5, 5.41) is 0. The van der Waals surface area contributed by atoms with E-state index in [9.17, 15) is 17.6 Å². The molecule has 0 radical (unpaired) electrons. The molecular weight excluding hydrogens is 236 g/mol. The average Bonchev–Trinajstić information content (AvgIpc) is 2.24. The van der Waals surface area contributed by atoms with E-state index >= 15 is 0 Å². The molecule has 96 valence electrons. The molecule has 6 heteroatoms. The molecule has 2 nitrogen and oxygen atoms in total. The van der Waals surface area contributed by atoms with E-state index < -0.39 is 18.6 Å². The molecule has 17 heavy (non-hydrogen) atoms. The third-order valence-corrected chi connectivity index (χ3v) is 2.43. The molecule has 0 heterocycles. The van der Waals surface area contributed by atoms with Gasteiger partial charge < -0.3 is 0 Å². The Morgan fingerprint density at radius 3 is 2.24 bits per heavy atom. The van der Waals surface area contributed by atoms with Gasteiger partial charge in [0.05, 0.1) is 0 Å². The van der Waals surface area contributed by atoms with Gasteiger partial charge in [-0.25, -0.2) is 4.39 Å². The number of nitrogens with one attached hydrogen (secondary N) is 1. The standard InChI is InChI=1S/C11H14F4N2/c12-9-5-3-8(4-6-9)10(17-16)2-1-7-11(13,14)15/h3-6,10,17H,1-2,7,16H2. The lowest BCUT2D eigenvalue weighted by molar-refractivity contribution is -0.135. The van der Waals surface area contributed by atoms with Crippen molar-refractivity contribution in [1.82, 2.24) is 5.43 Å². The van der Waals surface area contributed by atoms with Crippen molar-refractivity contribution in [2.45, 2.75) is 31.5 Å². The number of hydrazine groups is 1. The molecule has 0 fully saturated rings. The van der Waals surface area contributed by atoms with Crippen molar-refractivity contribution in [3.05, 3.63) is 35.6 Å². The minimum absolute atomic E-state index is 0.0181. The highest BCUT2D eigenvalue weighted by Gasteiger charge is 2.26. The zero-order valence-electron chi connectivity index (χ0n) is 9.10. The van der Waals surface area contributed by atoms with Crippen molar-refractivity contribution in [2.75, 3.05) is 0 Å². The SMILES string of the molecule is NNC(CCCC(F)(F)F)c1ccc(F)cc1. The zero-order chi connectivity index (χ0) is 12.9. The summed E-state index contributed by atoms with van der Waals surface area (Å²) in [7, 11) is 0. The maximum Gasteiger partial charge on any atom is 0.389 e. The van der Waals surface area contributed by atoms with Crippen molar-refractivity contribution < 1.29 is 17.6 Å². The van der Waals surface area contributed by atoms with E-state index in [4.69, 9.17) is 5.84 Å². The number of rotatable bonds is 5. The number of nitrogens with two attached hydrogens (primary N) is 1. The predicted octanol–water partition coefficient (Wildman–Crippen LogP) is 3.06. The van der Waals surface area contributed by atoms with Crippen LogP contribution in [0.3, 0.4) is 0 Å². The lowest BCUT2D eigenvalue weighted by atomic mass is 10.0. The molecule has 0 aliphatic rings. The highest BCUT2D eigenvalue weighted by molar-refractivity contribution is 5.19. The van der Waals surface area contributed by atoms with Crippen LogP contribution in [0.2, 0.25) is 0 Å². The summed E-state index contributed by atoms with van der Waals surface area (Å²) in [6.07, 6.45) is -4.76. The third-order valence-electron chi connectivity index (χ3n) is 2.43. The third kappa shape index (κ3) is 5.14. The molecule has 1 unspecified atom stereocenters. The summed E-state index contributed by atoms with van der Waals surface area (Å²) in [6.45, 7) is 0. The second kappa shape index (κ2) is 5.97. The van der Waals surface area contributed by atoms with Crippen molar-refractivity contribution in [3.63, 3.8) is 0 Å². The topological polar surface area (TPSA) is 38.0 Å². The lowest BCUT2D eigenvalue weighted by Crippen LogP contribution is -2.28. The summed E-state index contributed by atoms with van der Waals surface area (Å²) >= 11 is 0. The Balaban J connectivity index is 2.51. The van der Waals surface area contributed by atoms with Gasteiger partial charge in [0.25, 0.3) is 0 Å². The fraction of sp³-hybridized carbons (Fsp3) is 0.455. The normalized spacial score (nSPS) is 13.7. The van der Waals surface area contributed by atoms with E-state index in [1.54, 1.807) is 0 Å². The van der Waals surface area contributed by atoms with Gasteiger partial charge in [0.15, 0.2) is 0 Å². The van der Waals surface area contributed by atoms with Gasteiger partial charge in [-0.15, -0.1) is 0 Å². The summed E-state index contributed by atoms with van der Waals surface area (Å²) in [4.78, 5) is 0. The van der Waals surface area contributed by atoms with E-state index in [1.165, 1.54) is 24.3 Å². The Morgan fingerprint density at radius 2 is 1.76 bits per heavy atom. The lowest BCUT2D eigenvalue weighted by Gasteiger charge is -2.16. The fourth-order valence-electron chi connectivity index (χ4n) is 1.55. The first-order valence-corrected chi connectivity index (χ1v) is 5.21. The summed E-state index contributed by atoms with van der Waals surface area (Å²) < 4.78 is 48.6. The Labute approximate surface area is 96.8 Å². The van der Waals surface area contributed by atoms with Gasteiger partial charge in [-0.2, -0.15) is 13.2 Å². The molecule has 0 aliphatic carbocycles. The van der Waals surface area contributed by atoms with Gasteiger partial charge in [-0.3, -0.25) is 11.3 Å². The highest BCUT2D eigenvalue weighted by atomic mass is 19.4. The number of halogens is 4. The van der Waals surface area contributed by atoms with E-state index in [0.717, 1.165) is 0 Å². The molecule has 0 bridgehead atoms. The molecule has 0 spiro atoms. The molecular formula is C11H14F4N2. The number of benzene rings is 1.